The second-order valence-electron chi connectivity index (χ2n) is 4.55. The number of non-ortho nitro benzene ring substituents is 1. The van der Waals surface area contributed by atoms with Crippen LogP contribution < -0.4 is 0 Å². The Balaban J connectivity index is 1.82. The minimum absolute atomic E-state index is 0.0220. The molecule has 0 bridgehead atoms. The Morgan fingerprint density at radius 1 is 1.05 bits per heavy atom. The summed E-state index contributed by atoms with van der Waals surface area (Å²) in [6.07, 6.45) is 1.69. The number of nitrogens with zero attached hydrogens (tertiary/aromatic N) is 2. The number of carbonyl (C=O) groups is 1. The van der Waals surface area contributed by atoms with Crippen molar-refractivity contribution in [2.75, 3.05) is 0 Å². The van der Waals surface area contributed by atoms with Gasteiger partial charge in [0.1, 0.15) is 5.04 Å². The molecule has 22 heavy (non-hydrogen) atoms. The zero-order valence-corrected chi connectivity index (χ0v) is 12.1. The smallest absolute Gasteiger partial charge is 0.266 e. The number of benzene rings is 2. The van der Waals surface area contributed by atoms with Crippen molar-refractivity contribution in [3.63, 3.8) is 0 Å². The van der Waals surface area contributed by atoms with E-state index in [1.807, 2.05) is 30.3 Å². The van der Waals surface area contributed by atoms with Crippen molar-refractivity contribution in [1.82, 2.24) is 0 Å². The minimum Gasteiger partial charge on any atom is -0.266 e. The van der Waals surface area contributed by atoms with Gasteiger partial charge in [0.05, 0.1) is 9.83 Å². The van der Waals surface area contributed by atoms with Gasteiger partial charge in [-0.15, -0.1) is 0 Å². The third-order valence-electron chi connectivity index (χ3n) is 3.04. The Morgan fingerprint density at radius 2 is 1.73 bits per heavy atom. The van der Waals surface area contributed by atoms with Gasteiger partial charge in [-0.25, -0.2) is 4.99 Å². The zero-order chi connectivity index (χ0) is 15.5. The fraction of sp³-hybridized carbons (Fsp3) is 0. The van der Waals surface area contributed by atoms with Crippen molar-refractivity contribution >= 4 is 34.5 Å². The number of thioether (sulfide) groups is 1. The predicted molar refractivity (Wildman–Crippen MR) is 86.7 cm³/mol. The normalized spacial score (nSPS) is 15.9. The van der Waals surface area contributed by atoms with Gasteiger partial charge in [-0.2, -0.15) is 0 Å². The molecule has 0 aromatic heterocycles. The molecule has 1 aliphatic rings. The third-order valence-corrected chi connectivity index (χ3v) is 4.08. The van der Waals surface area contributed by atoms with Crippen molar-refractivity contribution in [3.05, 3.63) is 80.7 Å². The first-order valence-electron chi connectivity index (χ1n) is 6.46. The molecule has 0 atom stereocenters. The molecule has 3 rings (SSSR count). The molecule has 0 saturated carbocycles. The van der Waals surface area contributed by atoms with Crippen LogP contribution >= 0.6 is 11.8 Å². The van der Waals surface area contributed by atoms with Crippen molar-refractivity contribution in [2.45, 2.75) is 0 Å². The molecule has 2 aromatic rings. The lowest BCUT2D eigenvalue weighted by molar-refractivity contribution is -0.384. The molecule has 6 heteroatoms. The standard InChI is InChI=1S/C16H10N2O3S/c19-15-14(10-11-6-8-13(9-7-11)18(20)21)22-16(17-15)12-4-2-1-3-5-12/h1-10H. The number of rotatable bonds is 3. The van der Waals surface area contributed by atoms with Crippen LogP contribution in [0.3, 0.4) is 0 Å². The van der Waals surface area contributed by atoms with Crippen LogP contribution in [-0.2, 0) is 4.79 Å². The summed E-state index contributed by atoms with van der Waals surface area (Å²) >= 11 is 1.30. The van der Waals surface area contributed by atoms with Crippen LogP contribution in [0, 0.1) is 10.1 Å². The van der Waals surface area contributed by atoms with Gasteiger partial charge < -0.3 is 0 Å². The summed E-state index contributed by atoms with van der Waals surface area (Å²) in [6, 6.07) is 15.5. The van der Waals surface area contributed by atoms with Crippen LogP contribution in [0.4, 0.5) is 5.69 Å². The molecule has 0 fully saturated rings. The van der Waals surface area contributed by atoms with E-state index in [1.54, 1.807) is 18.2 Å². The Kier molecular flexibility index (Phi) is 3.84. The highest BCUT2D eigenvalue weighted by Crippen LogP contribution is 2.31. The van der Waals surface area contributed by atoms with Crippen LogP contribution in [0.25, 0.3) is 6.08 Å². The van der Waals surface area contributed by atoms with Crippen LogP contribution in [-0.4, -0.2) is 15.9 Å². The van der Waals surface area contributed by atoms with Crippen LogP contribution in [0.2, 0.25) is 0 Å². The molecule has 0 N–H and O–H groups in total. The highest BCUT2D eigenvalue weighted by Gasteiger charge is 2.22. The molecule has 0 saturated heterocycles. The van der Waals surface area contributed by atoms with Crippen molar-refractivity contribution in [1.29, 1.82) is 0 Å². The van der Waals surface area contributed by atoms with E-state index < -0.39 is 4.92 Å². The average Bonchev–Trinajstić information content (AvgIpc) is 2.90. The molecule has 0 unspecified atom stereocenters. The quantitative estimate of drug-likeness (QED) is 0.493. The number of hydrogen-bond acceptors (Lipinski definition) is 4. The first-order valence-corrected chi connectivity index (χ1v) is 7.27. The Labute approximate surface area is 130 Å². The lowest BCUT2D eigenvalue weighted by Gasteiger charge is -1.98. The summed E-state index contributed by atoms with van der Waals surface area (Å²) in [5.41, 5.74) is 1.65. The maximum Gasteiger partial charge on any atom is 0.284 e. The van der Waals surface area contributed by atoms with Gasteiger partial charge in [0, 0.05) is 17.7 Å². The van der Waals surface area contributed by atoms with E-state index in [0.29, 0.717) is 9.95 Å². The Bertz CT molecular complexity index is 796. The van der Waals surface area contributed by atoms with Crippen molar-refractivity contribution in [2.24, 2.45) is 4.99 Å². The van der Waals surface area contributed by atoms with E-state index in [1.165, 1.54) is 23.9 Å². The molecule has 108 valence electrons. The number of hydrogen-bond donors (Lipinski definition) is 0. The largest absolute Gasteiger partial charge is 0.284 e. The molecule has 0 spiro atoms. The number of amides is 1. The van der Waals surface area contributed by atoms with Gasteiger partial charge in [-0.05, 0) is 23.8 Å². The lowest BCUT2D eigenvalue weighted by atomic mass is 10.2. The van der Waals surface area contributed by atoms with Crippen molar-refractivity contribution in [3.8, 4) is 0 Å². The van der Waals surface area contributed by atoms with E-state index in [9.17, 15) is 14.9 Å². The Morgan fingerprint density at radius 3 is 2.36 bits per heavy atom. The Hall–Kier alpha value is -2.73. The lowest BCUT2D eigenvalue weighted by Crippen LogP contribution is -1.89. The topological polar surface area (TPSA) is 72.6 Å². The highest BCUT2D eigenvalue weighted by molar-refractivity contribution is 8.19. The molecule has 0 radical (unpaired) electrons. The van der Waals surface area contributed by atoms with Gasteiger partial charge in [0.25, 0.3) is 11.6 Å². The average molecular weight is 310 g/mol. The molecule has 0 aliphatic carbocycles. The number of carbonyl (C=O) groups excluding carboxylic acids is 1. The monoisotopic (exact) mass is 310 g/mol. The van der Waals surface area contributed by atoms with Gasteiger partial charge in [0.2, 0.25) is 0 Å². The molecule has 1 aliphatic heterocycles. The fourth-order valence-corrected chi connectivity index (χ4v) is 2.88. The van der Waals surface area contributed by atoms with E-state index in [4.69, 9.17) is 0 Å². The highest BCUT2D eigenvalue weighted by atomic mass is 32.2. The second-order valence-corrected chi connectivity index (χ2v) is 5.58. The summed E-state index contributed by atoms with van der Waals surface area (Å²) in [7, 11) is 0. The zero-order valence-electron chi connectivity index (χ0n) is 11.3. The van der Waals surface area contributed by atoms with Crippen LogP contribution in [0.5, 0.6) is 0 Å². The first kappa shape index (κ1) is 14.2. The predicted octanol–water partition coefficient (Wildman–Crippen LogP) is 3.66. The number of nitro groups is 1. The summed E-state index contributed by atoms with van der Waals surface area (Å²) in [5.74, 6) is -0.290. The molecular weight excluding hydrogens is 300 g/mol. The summed E-state index contributed by atoms with van der Waals surface area (Å²) in [4.78, 5) is 26.7. The van der Waals surface area contributed by atoms with E-state index >= 15 is 0 Å². The second kappa shape index (κ2) is 5.95. The number of aliphatic imine (C=N–C) groups is 1. The maximum atomic E-state index is 12.0. The SMILES string of the molecule is O=C1N=C(c2ccccc2)SC1=Cc1ccc([N+](=O)[O-])cc1. The van der Waals surface area contributed by atoms with Gasteiger partial charge in [0.15, 0.2) is 0 Å². The van der Waals surface area contributed by atoms with E-state index in [2.05, 4.69) is 4.99 Å². The summed E-state index contributed by atoms with van der Waals surface area (Å²) in [6.45, 7) is 0. The fourth-order valence-electron chi connectivity index (χ4n) is 1.96. The molecule has 5 nitrogen and oxygen atoms in total. The molecule has 1 amide bonds. The van der Waals surface area contributed by atoms with Gasteiger partial charge in [-0.1, -0.05) is 42.1 Å². The van der Waals surface area contributed by atoms with Gasteiger partial charge >= 0.3 is 0 Å². The maximum absolute atomic E-state index is 12.0. The summed E-state index contributed by atoms with van der Waals surface area (Å²) < 4.78 is 0. The van der Waals surface area contributed by atoms with Gasteiger partial charge in [-0.3, -0.25) is 14.9 Å². The van der Waals surface area contributed by atoms with E-state index in [-0.39, 0.29) is 11.6 Å². The van der Waals surface area contributed by atoms with E-state index in [0.717, 1.165) is 11.1 Å². The summed E-state index contributed by atoms with van der Waals surface area (Å²) in [5, 5.41) is 11.3. The van der Waals surface area contributed by atoms with Crippen LogP contribution in [0.15, 0.2) is 64.5 Å². The molecule has 2 aromatic carbocycles. The third kappa shape index (κ3) is 2.96. The number of nitro benzene ring substituents is 1. The molecule has 1 heterocycles. The molecular formula is C16H10N2O3S. The minimum atomic E-state index is -0.455. The first-order chi connectivity index (χ1) is 10.6. The van der Waals surface area contributed by atoms with Crippen molar-refractivity contribution < 1.29 is 9.72 Å². The van der Waals surface area contributed by atoms with Crippen LogP contribution in [0.1, 0.15) is 11.1 Å².